The first-order chi connectivity index (χ1) is 9.24. The first-order valence-corrected chi connectivity index (χ1v) is 6.95. The van der Waals surface area contributed by atoms with Crippen LogP contribution in [-0.2, 0) is 4.74 Å². The maximum Gasteiger partial charge on any atom is 0.144 e. The van der Waals surface area contributed by atoms with E-state index in [2.05, 4.69) is 10.6 Å². The fourth-order valence-electron chi connectivity index (χ4n) is 2.56. The minimum absolute atomic E-state index is 0.485. The number of nitrogens with one attached hydrogen (secondary N) is 3. The summed E-state index contributed by atoms with van der Waals surface area (Å²) in [7, 11) is 3.49. The molecule has 2 aliphatic rings. The van der Waals surface area contributed by atoms with Crippen LogP contribution in [0.4, 0.5) is 0 Å². The molecule has 104 valence electrons. The summed E-state index contributed by atoms with van der Waals surface area (Å²) in [6.45, 7) is 0. The smallest absolute Gasteiger partial charge is 0.144 e. The number of hydrogen-bond acceptors (Lipinski definition) is 4. The number of likely N-dealkylation sites (N-methyl/N-ethyl adjacent to an activating group) is 1. The van der Waals surface area contributed by atoms with E-state index in [1.807, 2.05) is 19.3 Å². The molecule has 0 aromatic carbocycles. The van der Waals surface area contributed by atoms with E-state index in [1.54, 1.807) is 13.2 Å². The van der Waals surface area contributed by atoms with E-state index in [1.165, 1.54) is 32.1 Å². The van der Waals surface area contributed by atoms with Crippen LogP contribution in [0, 0.1) is 5.41 Å². The van der Waals surface area contributed by atoms with E-state index in [9.17, 15) is 0 Å². The highest BCUT2D eigenvalue weighted by Crippen LogP contribution is 2.20. The van der Waals surface area contributed by atoms with Gasteiger partial charge in [0.25, 0.3) is 0 Å². The maximum atomic E-state index is 8.02. The molecule has 0 aromatic rings. The van der Waals surface area contributed by atoms with Crippen LogP contribution < -0.4 is 10.6 Å². The first kappa shape index (κ1) is 13.7. The number of rotatable bonds is 4. The van der Waals surface area contributed by atoms with Crippen LogP contribution in [0.5, 0.6) is 0 Å². The molecule has 3 N–H and O–H groups in total. The predicted molar refractivity (Wildman–Crippen MR) is 78.1 cm³/mol. The second kappa shape index (κ2) is 6.45. The van der Waals surface area contributed by atoms with Gasteiger partial charge >= 0.3 is 0 Å². The van der Waals surface area contributed by atoms with Crippen molar-refractivity contribution >= 4 is 5.71 Å². The lowest BCUT2D eigenvalue weighted by atomic mass is 9.95. The van der Waals surface area contributed by atoms with Gasteiger partial charge in [0, 0.05) is 30.9 Å². The van der Waals surface area contributed by atoms with Gasteiger partial charge in [-0.05, 0) is 18.9 Å². The molecule has 0 aliphatic heterocycles. The van der Waals surface area contributed by atoms with Crippen molar-refractivity contribution in [1.29, 1.82) is 5.41 Å². The Balaban J connectivity index is 2.05. The molecule has 2 rings (SSSR count). The van der Waals surface area contributed by atoms with Crippen LogP contribution in [0.25, 0.3) is 0 Å². The van der Waals surface area contributed by atoms with Crippen LogP contribution in [0.1, 0.15) is 32.1 Å². The summed E-state index contributed by atoms with van der Waals surface area (Å²) in [5, 5.41) is 14.6. The van der Waals surface area contributed by atoms with Crippen molar-refractivity contribution in [2.45, 2.75) is 38.1 Å². The Morgan fingerprint density at radius 3 is 2.63 bits per heavy atom. The summed E-state index contributed by atoms with van der Waals surface area (Å²) >= 11 is 0. The van der Waals surface area contributed by atoms with Gasteiger partial charge in [-0.1, -0.05) is 19.3 Å². The number of hydrogen-bond donors (Lipinski definition) is 3. The Morgan fingerprint density at radius 2 is 2.00 bits per heavy atom. The highest BCUT2D eigenvalue weighted by molar-refractivity contribution is 6.10. The summed E-state index contributed by atoms with van der Waals surface area (Å²) in [5.74, 6) is 0.710. The van der Waals surface area contributed by atoms with Gasteiger partial charge in [-0.3, -0.25) is 0 Å². The van der Waals surface area contributed by atoms with Crippen LogP contribution >= 0.6 is 0 Å². The molecule has 0 atom stereocenters. The van der Waals surface area contributed by atoms with Gasteiger partial charge < -0.3 is 20.8 Å². The van der Waals surface area contributed by atoms with E-state index in [4.69, 9.17) is 10.1 Å². The molecule has 0 spiro atoms. The molecule has 0 aromatic heterocycles. The second-order valence-electron chi connectivity index (χ2n) is 5.04. The molecule has 0 unspecified atom stereocenters. The second-order valence-corrected chi connectivity index (χ2v) is 5.04. The van der Waals surface area contributed by atoms with Crippen molar-refractivity contribution in [2.75, 3.05) is 14.2 Å². The Kier molecular flexibility index (Phi) is 4.66. The standard InChI is InChI=1S/C15H23N3O/c1-17-14-8-11(13(16)9-15(14)19-2)10-18-12-6-4-3-5-7-12/h8-10,12,16-18H,3-7H2,1-2H3/b11-10-,16-13?. The fraction of sp³-hybridized carbons (Fsp3) is 0.533. The van der Waals surface area contributed by atoms with Gasteiger partial charge in [-0.25, -0.2) is 0 Å². The van der Waals surface area contributed by atoms with Gasteiger partial charge in [0.2, 0.25) is 0 Å². The lowest BCUT2D eigenvalue weighted by Crippen LogP contribution is -2.27. The maximum absolute atomic E-state index is 8.02. The molecule has 1 saturated carbocycles. The summed E-state index contributed by atoms with van der Waals surface area (Å²) < 4.78 is 5.25. The summed E-state index contributed by atoms with van der Waals surface area (Å²) in [5.41, 5.74) is 2.30. The Hall–Kier alpha value is -1.71. The zero-order valence-electron chi connectivity index (χ0n) is 11.8. The lowest BCUT2D eigenvalue weighted by Gasteiger charge is -2.23. The SMILES string of the molecule is CNC1=C/C(=C/NC2CCCCC2)C(=N)C=C1OC. The average molecular weight is 261 g/mol. The molecule has 19 heavy (non-hydrogen) atoms. The lowest BCUT2D eigenvalue weighted by molar-refractivity contribution is 0.297. The Bertz CT molecular complexity index is 429. The van der Waals surface area contributed by atoms with Gasteiger partial charge in [0.1, 0.15) is 5.76 Å². The number of allylic oxidation sites excluding steroid dienone is 3. The average Bonchev–Trinajstić information content (AvgIpc) is 2.46. The minimum atomic E-state index is 0.485. The molecule has 1 fully saturated rings. The van der Waals surface area contributed by atoms with E-state index in [-0.39, 0.29) is 0 Å². The van der Waals surface area contributed by atoms with Gasteiger partial charge in [0.15, 0.2) is 0 Å². The largest absolute Gasteiger partial charge is 0.495 e. The normalized spacial score (nSPS) is 22.8. The zero-order chi connectivity index (χ0) is 13.7. The highest BCUT2D eigenvalue weighted by Gasteiger charge is 2.16. The highest BCUT2D eigenvalue weighted by atomic mass is 16.5. The Morgan fingerprint density at radius 1 is 1.26 bits per heavy atom. The van der Waals surface area contributed by atoms with Crippen LogP contribution in [0.2, 0.25) is 0 Å². The molecular formula is C15H23N3O. The molecule has 0 bridgehead atoms. The molecule has 0 amide bonds. The van der Waals surface area contributed by atoms with Crippen LogP contribution in [0.15, 0.2) is 35.4 Å². The summed E-state index contributed by atoms with van der Waals surface area (Å²) in [6, 6.07) is 0.563. The predicted octanol–water partition coefficient (Wildman–Crippen LogP) is 2.46. The monoisotopic (exact) mass is 261 g/mol. The van der Waals surface area contributed by atoms with Gasteiger partial charge in [0.05, 0.1) is 18.5 Å². The molecule has 2 aliphatic carbocycles. The molecule has 4 nitrogen and oxygen atoms in total. The Labute approximate surface area is 115 Å². The van der Waals surface area contributed by atoms with Crippen molar-refractivity contribution in [3.8, 4) is 0 Å². The third-order valence-corrected chi connectivity index (χ3v) is 3.72. The summed E-state index contributed by atoms with van der Waals surface area (Å²) in [4.78, 5) is 0. The quantitative estimate of drug-likeness (QED) is 0.728. The van der Waals surface area contributed by atoms with E-state index >= 15 is 0 Å². The summed E-state index contributed by atoms with van der Waals surface area (Å²) in [6.07, 6.45) is 12.1. The van der Waals surface area contributed by atoms with Crippen molar-refractivity contribution in [2.24, 2.45) is 0 Å². The van der Waals surface area contributed by atoms with Crippen molar-refractivity contribution in [1.82, 2.24) is 10.6 Å². The third kappa shape index (κ3) is 3.40. The van der Waals surface area contributed by atoms with E-state index in [0.717, 1.165) is 11.3 Å². The van der Waals surface area contributed by atoms with Crippen LogP contribution in [0.3, 0.4) is 0 Å². The van der Waals surface area contributed by atoms with Crippen LogP contribution in [-0.4, -0.2) is 25.9 Å². The molecule has 0 radical (unpaired) electrons. The number of methoxy groups -OCH3 is 1. The van der Waals surface area contributed by atoms with Crippen molar-refractivity contribution in [3.05, 3.63) is 35.4 Å². The van der Waals surface area contributed by atoms with Gasteiger partial charge in [-0.2, -0.15) is 0 Å². The van der Waals surface area contributed by atoms with E-state index < -0.39 is 0 Å². The molecule has 4 heteroatoms. The topological polar surface area (TPSA) is 57.1 Å². The first-order valence-electron chi connectivity index (χ1n) is 6.95. The number of ether oxygens (including phenoxy) is 1. The molecule has 0 saturated heterocycles. The fourth-order valence-corrected chi connectivity index (χ4v) is 2.56. The minimum Gasteiger partial charge on any atom is -0.495 e. The zero-order valence-corrected chi connectivity index (χ0v) is 11.8. The van der Waals surface area contributed by atoms with Crippen molar-refractivity contribution < 1.29 is 4.74 Å². The van der Waals surface area contributed by atoms with Gasteiger partial charge in [-0.15, -0.1) is 0 Å². The van der Waals surface area contributed by atoms with Crippen molar-refractivity contribution in [3.63, 3.8) is 0 Å². The molecule has 0 heterocycles. The van der Waals surface area contributed by atoms with E-state index in [0.29, 0.717) is 17.5 Å². The molecular weight excluding hydrogens is 238 g/mol. The third-order valence-electron chi connectivity index (χ3n) is 3.72.